The van der Waals surface area contributed by atoms with Crippen molar-refractivity contribution >= 4 is 37.2 Å². The summed E-state index contributed by atoms with van der Waals surface area (Å²) in [5.41, 5.74) is 0. The molecule has 3 heterocycles. The van der Waals surface area contributed by atoms with Crippen molar-refractivity contribution in [2.75, 3.05) is 37.7 Å². The zero-order valence-electron chi connectivity index (χ0n) is 17.0. The van der Waals surface area contributed by atoms with Crippen LogP contribution in [0.1, 0.15) is 36.4 Å². The molecular weight excluding hydrogens is 408 g/mol. The van der Waals surface area contributed by atoms with E-state index in [1.165, 1.54) is 11.3 Å². The van der Waals surface area contributed by atoms with Gasteiger partial charge in [-0.15, -0.1) is 11.3 Å². The highest BCUT2D eigenvalue weighted by atomic mass is 32.2. The first-order chi connectivity index (χ1) is 13.8. The van der Waals surface area contributed by atoms with Crippen LogP contribution in [-0.2, 0) is 9.84 Å². The van der Waals surface area contributed by atoms with Crippen molar-refractivity contribution in [2.45, 2.75) is 38.8 Å². The van der Waals surface area contributed by atoms with Crippen LogP contribution in [0.5, 0.6) is 5.75 Å². The van der Waals surface area contributed by atoms with Crippen LogP contribution in [0.4, 0.5) is 0 Å². The Labute approximate surface area is 176 Å². The summed E-state index contributed by atoms with van der Waals surface area (Å²) in [5, 5.41) is 1.00. The molecule has 1 aromatic carbocycles. The molecule has 8 heteroatoms. The van der Waals surface area contributed by atoms with Crippen molar-refractivity contribution in [3.05, 3.63) is 29.1 Å². The maximum absolute atomic E-state index is 12.8. The molecule has 2 aliphatic rings. The first kappa shape index (κ1) is 20.6. The van der Waals surface area contributed by atoms with E-state index < -0.39 is 9.84 Å². The molecule has 2 saturated heterocycles. The molecule has 2 fully saturated rings. The number of piperidine rings is 1. The molecule has 158 valence electrons. The average molecular weight is 437 g/mol. The Morgan fingerprint density at radius 2 is 1.79 bits per heavy atom. The first-order valence-electron chi connectivity index (χ1n) is 10.2. The van der Waals surface area contributed by atoms with Crippen LogP contribution < -0.4 is 4.74 Å². The highest BCUT2D eigenvalue weighted by molar-refractivity contribution is 7.91. The molecule has 0 N–H and O–H groups in total. The lowest BCUT2D eigenvalue weighted by Gasteiger charge is -2.34. The minimum absolute atomic E-state index is 0.0528. The van der Waals surface area contributed by atoms with E-state index in [-0.39, 0.29) is 36.6 Å². The summed E-state index contributed by atoms with van der Waals surface area (Å²) >= 11 is 1.45. The molecule has 0 aliphatic carbocycles. The Balaban J connectivity index is 1.42. The van der Waals surface area contributed by atoms with Crippen LogP contribution in [-0.4, -0.2) is 74.0 Å². The topological polar surface area (TPSA) is 66.9 Å². The van der Waals surface area contributed by atoms with Gasteiger partial charge in [0.25, 0.3) is 5.91 Å². The highest BCUT2D eigenvalue weighted by Crippen LogP contribution is 2.31. The van der Waals surface area contributed by atoms with Crippen molar-refractivity contribution in [3.63, 3.8) is 0 Å². The Bertz CT molecular complexity index is 977. The molecule has 0 saturated carbocycles. The van der Waals surface area contributed by atoms with E-state index in [9.17, 15) is 13.2 Å². The fourth-order valence-electron chi connectivity index (χ4n) is 3.97. The zero-order valence-corrected chi connectivity index (χ0v) is 18.6. The lowest BCUT2D eigenvalue weighted by molar-refractivity contribution is 0.0775. The maximum atomic E-state index is 12.8. The fourth-order valence-corrected chi connectivity index (χ4v) is 6.19. The molecule has 0 spiro atoms. The number of nitrogens with zero attached hydrogens (tertiary/aromatic N) is 2. The van der Waals surface area contributed by atoms with Crippen molar-refractivity contribution in [1.82, 2.24) is 9.80 Å². The largest absolute Gasteiger partial charge is 0.490 e. The molecule has 1 amide bonds. The molecule has 0 unspecified atom stereocenters. The molecule has 2 aromatic rings. The van der Waals surface area contributed by atoms with Gasteiger partial charge in [-0.1, -0.05) is 0 Å². The average Bonchev–Trinajstić information content (AvgIpc) is 3.11. The van der Waals surface area contributed by atoms with Crippen LogP contribution in [0.2, 0.25) is 0 Å². The fraction of sp³-hybridized carbons (Fsp3) is 0.571. The monoisotopic (exact) mass is 436 g/mol. The van der Waals surface area contributed by atoms with Gasteiger partial charge in [0.15, 0.2) is 9.84 Å². The highest BCUT2D eigenvalue weighted by Gasteiger charge is 2.27. The predicted molar refractivity (Wildman–Crippen MR) is 117 cm³/mol. The van der Waals surface area contributed by atoms with Gasteiger partial charge >= 0.3 is 0 Å². The quantitative estimate of drug-likeness (QED) is 0.737. The summed E-state index contributed by atoms with van der Waals surface area (Å²) in [6.45, 7) is 7.14. The smallest absolute Gasteiger partial charge is 0.264 e. The second-order valence-corrected chi connectivity index (χ2v) is 11.6. The number of fused-ring (bicyclic) bond motifs is 1. The van der Waals surface area contributed by atoms with E-state index in [0.29, 0.717) is 10.9 Å². The SMILES string of the molecule is CC(C)N1CCC(Oc2ccc3sc(C(=O)N4CCS(=O)(=O)CC4)cc3c2)CC1. The Kier molecular flexibility index (Phi) is 5.86. The van der Waals surface area contributed by atoms with Gasteiger partial charge in [-0.05, 0) is 56.3 Å². The van der Waals surface area contributed by atoms with Crippen molar-refractivity contribution in [2.24, 2.45) is 0 Å². The van der Waals surface area contributed by atoms with Crippen LogP contribution in [0.15, 0.2) is 24.3 Å². The molecule has 0 radical (unpaired) electrons. The van der Waals surface area contributed by atoms with Crippen molar-refractivity contribution < 1.29 is 17.9 Å². The summed E-state index contributed by atoms with van der Waals surface area (Å²) < 4.78 is 30.5. The van der Waals surface area contributed by atoms with Gasteiger partial charge in [-0.3, -0.25) is 4.79 Å². The summed E-state index contributed by atoms with van der Waals surface area (Å²) in [6, 6.07) is 8.48. The molecule has 29 heavy (non-hydrogen) atoms. The second kappa shape index (κ2) is 8.24. The van der Waals surface area contributed by atoms with Gasteiger partial charge < -0.3 is 14.5 Å². The lowest BCUT2D eigenvalue weighted by atomic mass is 10.1. The van der Waals surface area contributed by atoms with Crippen LogP contribution >= 0.6 is 11.3 Å². The summed E-state index contributed by atoms with van der Waals surface area (Å²) in [6.07, 6.45) is 2.29. The third-order valence-electron chi connectivity index (χ3n) is 5.84. The molecule has 2 aliphatic heterocycles. The number of amides is 1. The van der Waals surface area contributed by atoms with Gasteiger partial charge in [0, 0.05) is 36.9 Å². The number of hydrogen-bond acceptors (Lipinski definition) is 6. The number of carbonyl (C=O) groups is 1. The number of thiophene rings is 1. The number of rotatable bonds is 4. The molecule has 0 bridgehead atoms. The summed E-state index contributed by atoms with van der Waals surface area (Å²) in [4.78, 5) is 17.6. The van der Waals surface area contributed by atoms with Gasteiger partial charge in [0.05, 0.1) is 16.4 Å². The molecule has 0 atom stereocenters. The van der Waals surface area contributed by atoms with Gasteiger partial charge in [0.2, 0.25) is 0 Å². The Morgan fingerprint density at radius 1 is 1.10 bits per heavy atom. The van der Waals surface area contributed by atoms with Crippen LogP contribution in [0.25, 0.3) is 10.1 Å². The lowest BCUT2D eigenvalue weighted by Crippen LogP contribution is -2.43. The third-order valence-corrected chi connectivity index (χ3v) is 8.55. The standard InChI is InChI=1S/C21H28N2O4S2/c1-15(2)22-7-5-17(6-8-22)27-18-3-4-19-16(13-18)14-20(28-19)21(24)23-9-11-29(25,26)12-10-23/h3-4,13-15,17H,5-12H2,1-2H3. The van der Waals surface area contributed by atoms with E-state index >= 15 is 0 Å². The predicted octanol–water partition coefficient (Wildman–Crippen LogP) is 3.02. The van der Waals surface area contributed by atoms with E-state index in [2.05, 4.69) is 18.7 Å². The normalized spacial score (nSPS) is 21.0. The minimum atomic E-state index is -2.99. The van der Waals surface area contributed by atoms with Crippen LogP contribution in [0, 0.1) is 0 Å². The Morgan fingerprint density at radius 3 is 2.45 bits per heavy atom. The van der Waals surface area contributed by atoms with E-state index in [4.69, 9.17) is 4.74 Å². The summed E-state index contributed by atoms with van der Waals surface area (Å²) in [7, 11) is -2.99. The molecule has 4 rings (SSSR count). The third kappa shape index (κ3) is 4.75. The van der Waals surface area contributed by atoms with E-state index in [1.807, 2.05) is 24.3 Å². The van der Waals surface area contributed by atoms with E-state index in [0.717, 1.165) is 41.8 Å². The van der Waals surface area contributed by atoms with E-state index in [1.54, 1.807) is 4.90 Å². The second-order valence-electron chi connectivity index (χ2n) is 8.20. The van der Waals surface area contributed by atoms with Gasteiger partial charge in [-0.25, -0.2) is 8.42 Å². The minimum Gasteiger partial charge on any atom is -0.490 e. The van der Waals surface area contributed by atoms with Crippen LogP contribution in [0.3, 0.4) is 0 Å². The number of likely N-dealkylation sites (tertiary alicyclic amines) is 1. The first-order valence-corrected chi connectivity index (χ1v) is 12.9. The van der Waals surface area contributed by atoms with Gasteiger partial charge in [0.1, 0.15) is 11.9 Å². The number of sulfone groups is 1. The van der Waals surface area contributed by atoms with Gasteiger partial charge in [-0.2, -0.15) is 0 Å². The number of benzene rings is 1. The Hall–Kier alpha value is -1.64. The number of ether oxygens (including phenoxy) is 1. The number of hydrogen-bond donors (Lipinski definition) is 0. The maximum Gasteiger partial charge on any atom is 0.264 e. The molecule has 6 nitrogen and oxygen atoms in total. The van der Waals surface area contributed by atoms with Crippen molar-refractivity contribution in [1.29, 1.82) is 0 Å². The van der Waals surface area contributed by atoms with Crippen molar-refractivity contribution in [3.8, 4) is 5.75 Å². The molecular formula is C21H28N2O4S2. The summed E-state index contributed by atoms with van der Waals surface area (Å²) in [5.74, 6) is 0.875. The number of carbonyl (C=O) groups excluding carboxylic acids is 1. The molecule has 1 aromatic heterocycles. The zero-order chi connectivity index (χ0) is 20.6.